The van der Waals surface area contributed by atoms with Gasteiger partial charge in [0.25, 0.3) is 0 Å². The topological polar surface area (TPSA) is 122 Å². The normalized spacial score (nSPS) is 35.4. The molecule has 0 bridgehead atoms. The monoisotopic (exact) mass is 471 g/mol. The highest BCUT2D eigenvalue weighted by Gasteiger charge is 2.46. The first kappa shape index (κ1) is 24.2. The first-order chi connectivity index (χ1) is 15.7. The molecule has 186 valence electrons. The van der Waals surface area contributed by atoms with Crippen molar-refractivity contribution in [2.24, 2.45) is 16.6 Å². The zero-order chi connectivity index (χ0) is 23.7. The molecule has 3 saturated heterocycles. The van der Waals surface area contributed by atoms with Gasteiger partial charge in [-0.15, -0.1) is 0 Å². The smallest absolute Gasteiger partial charge is 0.236 e. The van der Waals surface area contributed by atoms with Gasteiger partial charge in [-0.1, -0.05) is 0 Å². The Labute approximate surface area is 192 Å². The van der Waals surface area contributed by atoms with Crippen LogP contribution in [0.5, 0.6) is 0 Å². The summed E-state index contributed by atoms with van der Waals surface area (Å²) in [5.74, 6) is -0.625. The van der Waals surface area contributed by atoms with Crippen molar-refractivity contribution in [3.05, 3.63) is 0 Å². The quantitative estimate of drug-likeness (QED) is 0.334. The molecule has 0 aromatic rings. The maximum atomic E-state index is 15.1. The molecule has 2 amide bonds. The number of halogens is 2. The van der Waals surface area contributed by atoms with E-state index >= 15 is 4.39 Å². The minimum absolute atomic E-state index is 0.000989. The lowest BCUT2D eigenvalue weighted by Crippen LogP contribution is -2.68. The largest absolute Gasteiger partial charge is 0.350 e. The molecule has 3 fully saturated rings. The summed E-state index contributed by atoms with van der Waals surface area (Å²) in [6.07, 6.45) is -3.01. The maximum Gasteiger partial charge on any atom is 0.236 e. The Morgan fingerprint density at radius 2 is 1.94 bits per heavy atom. The van der Waals surface area contributed by atoms with Crippen LogP contribution in [0.15, 0.2) is 4.99 Å². The fourth-order valence-corrected chi connectivity index (χ4v) is 5.11. The van der Waals surface area contributed by atoms with Crippen LogP contribution in [-0.2, 0) is 9.59 Å². The highest BCUT2D eigenvalue weighted by atomic mass is 19.1. The zero-order valence-corrected chi connectivity index (χ0v) is 19.2. The standard InChI is InChI=1S/C20H35F2N9O2/c1-28(2)11-15(32)29-3-5-30(6-4-29)17-13(22)8-24-9-14(17)26-20(33)16-18(23)27-31-10-12(21)7-25-19(16)31/h12-14,16-18,24,27H,3-11,23H2,1-2H3,(H,26,33). The lowest BCUT2D eigenvalue weighted by Gasteiger charge is -2.46. The highest BCUT2D eigenvalue weighted by molar-refractivity contribution is 6.05. The molecule has 0 aliphatic carbocycles. The average molecular weight is 472 g/mol. The van der Waals surface area contributed by atoms with E-state index in [4.69, 9.17) is 5.73 Å². The van der Waals surface area contributed by atoms with Crippen LogP contribution < -0.4 is 21.8 Å². The number of rotatable bonds is 5. The van der Waals surface area contributed by atoms with Crippen LogP contribution in [0.2, 0.25) is 0 Å². The number of nitrogens with one attached hydrogen (secondary N) is 3. The summed E-state index contributed by atoms with van der Waals surface area (Å²) < 4.78 is 28.8. The summed E-state index contributed by atoms with van der Waals surface area (Å²) in [4.78, 5) is 35.4. The Kier molecular flexibility index (Phi) is 7.43. The molecule has 0 saturated carbocycles. The van der Waals surface area contributed by atoms with E-state index in [0.29, 0.717) is 45.1 Å². The number of likely N-dealkylation sites (N-methyl/N-ethyl adjacent to an activating group) is 1. The number of amides is 2. The number of hydrazine groups is 1. The number of aliphatic imine (C=N–C) groups is 1. The van der Waals surface area contributed by atoms with Crippen LogP contribution in [0.4, 0.5) is 8.78 Å². The van der Waals surface area contributed by atoms with Gasteiger partial charge in [-0.3, -0.25) is 24.5 Å². The van der Waals surface area contributed by atoms with Crippen LogP contribution in [0.1, 0.15) is 0 Å². The van der Waals surface area contributed by atoms with Crippen molar-refractivity contribution in [2.75, 3.05) is 73.0 Å². The number of alkyl halides is 2. The summed E-state index contributed by atoms with van der Waals surface area (Å²) in [6, 6.07) is -0.976. The van der Waals surface area contributed by atoms with Gasteiger partial charge in [0.15, 0.2) is 0 Å². The first-order valence-electron chi connectivity index (χ1n) is 11.5. The van der Waals surface area contributed by atoms with Gasteiger partial charge in [0.2, 0.25) is 11.8 Å². The van der Waals surface area contributed by atoms with Gasteiger partial charge in [-0.05, 0) is 14.1 Å². The van der Waals surface area contributed by atoms with Gasteiger partial charge in [0, 0.05) is 39.3 Å². The second-order valence-electron chi connectivity index (χ2n) is 9.47. The molecular weight excluding hydrogens is 436 g/mol. The number of amidine groups is 1. The number of hydrogen-bond donors (Lipinski definition) is 4. The first-order valence-corrected chi connectivity index (χ1v) is 11.5. The number of nitrogens with zero attached hydrogens (tertiary/aromatic N) is 5. The number of carbonyl (C=O) groups is 2. The van der Waals surface area contributed by atoms with E-state index in [2.05, 4.69) is 21.1 Å². The minimum atomic E-state index is -1.17. The van der Waals surface area contributed by atoms with Crippen molar-refractivity contribution in [2.45, 2.75) is 30.6 Å². The molecule has 6 unspecified atom stereocenters. The number of fused-ring (bicyclic) bond motifs is 1. The second-order valence-corrected chi connectivity index (χ2v) is 9.47. The Morgan fingerprint density at radius 1 is 1.21 bits per heavy atom. The van der Waals surface area contributed by atoms with E-state index in [1.807, 2.05) is 23.9 Å². The van der Waals surface area contributed by atoms with E-state index in [1.54, 1.807) is 4.90 Å². The molecule has 0 spiro atoms. The average Bonchev–Trinajstić information content (AvgIpc) is 3.08. The summed E-state index contributed by atoms with van der Waals surface area (Å²) in [5.41, 5.74) is 9.02. The van der Waals surface area contributed by atoms with Crippen molar-refractivity contribution >= 4 is 17.6 Å². The Morgan fingerprint density at radius 3 is 2.64 bits per heavy atom. The number of carbonyl (C=O) groups excluding carboxylic acids is 2. The third-order valence-electron chi connectivity index (χ3n) is 6.69. The number of piperazine rings is 1. The molecule has 4 aliphatic rings. The minimum Gasteiger partial charge on any atom is -0.350 e. The number of piperidine rings is 1. The Balaban J connectivity index is 1.40. The molecule has 0 radical (unpaired) electrons. The van der Waals surface area contributed by atoms with E-state index in [1.165, 1.54) is 5.01 Å². The molecule has 0 aromatic carbocycles. The van der Waals surface area contributed by atoms with Gasteiger partial charge in [0.1, 0.15) is 24.1 Å². The van der Waals surface area contributed by atoms with Gasteiger partial charge in [-0.2, -0.15) is 0 Å². The molecule has 11 nitrogen and oxygen atoms in total. The molecule has 4 rings (SSSR count). The zero-order valence-electron chi connectivity index (χ0n) is 19.2. The van der Waals surface area contributed by atoms with Crippen LogP contribution in [0.25, 0.3) is 0 Å². The van der Waals surface area contributed by atoms with Gasteiger partial charge in [0.05, 0.1) is 37.9 Å². The number of nitrogens with two attached hydrogens (primary N) is 1. The summed E-state index contributed by atoms with van der Waals surface area (Å²) >= 11 is 0. The molecule has 4 aliphatic heterocycles. The van der Waals surface area contributed by atoms with Crippen molar-refractivity contribution < 1.29 is 18.4 Å². The molecule has 5 N–H and O–H groups in total. The van der Waals surface area contributed by atoms with Gasteiger partial charge in [-0.25, -0.2) is 14.2 Å². The lowest BCUT2D eigenvalue weighted by atomic mass is 9.95. The highest BCUT2D eigenvalue weighted by Crippen LogP contribution is 2.22. The van der Waals surface area contributed by atoms with Gasteiger partial charge < -0.3 is 26.2 Å². The van der Waals surface area contributed by atoms with Gasteiger partial charge >= 0.3 is 0 Å². The van der Waals surface area contributed by atoms with Crippen LogP contribution in [0.3, 0.4) is 0 Å². The molecule has 0 aromatic heterocycles. The third kappa shape index (κ3) is 5.27. The third-order valence-corrected chi connectivity index (χ3v) is 6.69. The molecular formula is C20H35F2N9O2. The van der Waals surface area contributed by atoms with E-state index in [0.717, 1.165) is 0 Å². The van der Waals surface area contributed by atoms with Crippen LogP contribution in [-0.4, -0.2) is 141 Å². The van der Waals surface area contributed by atoms with E-state index in [9.17, 15) is 14.0 Å². The summed E-state index contributed by atoms with van der Waals surface area (Å²) in [5, 5.41) is 7.53. The number of hydrogen-bond acceptors (Lipinski definition) is 9. The van der Waals surface area contributed by atoms with Crippen molar-refractivity contribution in [1.29, 1.82) is 0 Å². The molecule has 6 atom stereocenters. The Bertz CT molecular complexity index is 762. The molecule has 4 heterocycles. The molecule has 13 heteroatoms. The van der Waals surface area contributed by atoms with Crippen LogP contribution in [0, 0.1) is 5.92 Å². The predicted molar refractivity (Wildman–Crippen MR) is 119 cm³/mol. The lowest BCUT2D eigenvalue weighted by molar-refractivity contribution is -0.134. The molecule has 33 heavy (non-hydrogen) atoms. The fourth-order valence-electron chi connectivity index (χ4n) is 5.11. The van der Waals surface area contributed by atoms with Crippen molar-refractivity contribution in [3.63, 3.8) is 0 Å². The Hall–Kier alpha value is -1.93. The predicted octanol–water partition coefficient (Wildman–Crippen LogP) is -3.04. The summed E-state index contributed by atoms with van der Waals surface area (Å²) in [7, 11) is 3.70. The van der Waals surface area contributed by atoms with Crippen LogP contribution >= 0.6 is 0 Å². The summed E-state index contributed by atoms with van der Waals surface area (Å²) in [6.45, 7) is 3.20. The maximum absolute atomic E-state index is 15.1. The van der Waals surface area contributed by atoms with E-state index < -0.39 is 36.5 Å². The SMILES string of the molecule is CN(C)CC(=O)N1CCN(C2C(F)CNCC2NC(=O)C2C3=NCC(F)CN3NC2N)CC1. The van der Waals surface area contributed by atoms with E-state index in [-0.39, 0.29) is 31.4 Å². The second kappa shape index (κ2) is 10.1. The fraction of sp³-hybridized carbons (Fsp3) is 0.850. The van der Waals surface area contributed by atoms with Crippen molar-refractivity contribution in [3.8, 4) is 0 Å². The van der Waals surface area contributed by atoms with Crippen molar-refractivity contribution in [1.82, 2.24) is 35.8 Å².